The second-order valence-corrected chi connectivity index (χ2v) is 6.04. The third-order valence-electron chi connectivity index (χ3n) is 4.24. The summed E-state index contributed by atoms with van der Waals surface area (Å²) in [7, 11) is 0. The summed E-state index contributed by atoms with van der Waals surface area (Å²) in [6.07, 6.45) is 9.53. The predicted octanol–water partition coefficient (Wildman–Crippen LogP) is 3.12. The summed E-state index contributed by atoms with van der Waals surface area (Å²) >= 11 is 0. The van der Waals surface area contributed by atoms with Crippen LogP contribution in [0.25, 0.3) is 5.69 Å². The van der Waals surface area contributed by atoms with Crippen LogP contribution in [-0.2, 0) is 6.54 Å². The Balaban J connectivity index is 1.57. The van der Waals surface area contributed by atoms with E-state index < -0.39 is 0 Å². The molecule has 5 heteroatoms. The lowest BCUT2D eigenvalue weighted by atomic mass is 10.1. The minimum absolute atomic E-state index is 0.314. The van der Waals surface area contributed by atoms with Crippen LogP contribution in [0.15, 0.2) is 55.4 Å². The number of benzene rings is 1. The van der Waals surface area contributed by atoms with Crippen molar-refractivity contribution < 1.29 is 0 Å². The third-order valence-corrected chi connectivity index (χ3v) is 4.24. The van der Waals surface area contributed by atoms with Crippen molar-refractivity contribution in [2.45, 2.75) is 39.4 Å². The van der Waals surface area contributed by atoms with Gasteiger partial charge in [0.05, 0.1) is 18.6 Å². The lowest BCUT2D eigenvalue weighted by molar-refractivity contribution is 0.365. The lowest BCUT2D eigenvalue weighted by Crippen LogP contribution is -2.33. The van der Waals surface area contributed by atoms with Gasteiger partial charge in [0.1, 0.15) is 0 Å². The van der Waals surface area contributed by atoms with Crippen LogP contribution < -0.4 is 5.32 Å². The Morgan fingerprint density at radius 3 is 2.57 bits per heavy atom. The molecule has 5 nitrogen and oxygen atoms in total. The Morgan fingerprint density at radius 2 is 1.96 bits per heavy atom. The Morgan fingerprint density at radius 1 is 1.17 bits per heavy atom. The molecule has 2 atom stereocenters. The number of hydrogen-bond donors (Lipinski definition) is 1. The molecule has 0 aliphatic rings. The minimum atomic E-state index is 0.314. The Labute approximate surface area is 137 Å². The molecule has 23 heavy (non-hydrogen) atoms. The number of nitrogens with zero attached hydrogens (tertiary/aromatic N) is 4. The fraction of sp³-hybridized carbons (Fsp3) is 0.333. The van der Waals surface area contributed by atoms with Gasteiger partial charge in [-0.3, -0.25) is 4.68 Å². The molecule has 0 fully saturated rings. The summed E-state index contributed by atoms with van der Waals surface area (Å²) in [5.74, 6) is 0. The molecule has 3 rings (SSSR count). The van der Waals surface area contributed by atoms with Gasteiger partial charge in [0.15, 0.2) is 0 Å². The molecule has 3 aromatic rings. The summed E-state index contributed by atoms with van der Waals surface area (Å²) in [5.41, 5.74) is 3.59. The highest BCUT2D eigenvalue weighted by Gasteiger charge is 2.14. The van der Waals surface area contributed by atoms with E-state index >= 15 is 0 Å². The first-order chi connectivity index (χ1) is 11.1. The maximum atomic E-state index is 4.40. The van der Waals surface area contributed by atoms with E-state index in [-0.39, 0.29) is 0 Å². The molecule has 0 radical (unpaired) electrons. The highest BCUT2D eigenvalue weighted by Crippen LogP contribution is 2.13. The first-order valence-electron chi connectivity index (χ1n) is 7.95. The third kappa shape index (κ3) is 3.68. The lowest BCUT2D eigenvalue weighted by Gasteiger charge is -2.22. The van der Waals surface area contributed by atoms with E-state index in [2.05, 4.69) is 66.6 Å². The molecular weight excluding hydrogens is 286 g/mol. The number of aryl methyl sites for hydroxylation is 1. The van der Waals surface area contributed by atoms with Gasteiger partial charge in [0.25, 0.3) is 0 Å². The molecule has 2 heterocycles. The van der Waals surface area contributed by atoms with Gasteiger partial charge in [-0.2, -0.15) is 5.10 Å². The summed E-state index contributed by atoms with van der Waals surface area (Å²) in [5, 5.41) is 7.98. The van der Waals surface area contributed by atoms with E-state index in [0.29, 0.717) is 12.1 Å². The van der Waals surface area contributed by atoms with E-state index in [1.807, 2.05) is 28.0 Å². The topological polar surface area (TPSA) is 47.7 Å². The maximum Gasteiger partial charge on any atom is 0.0991 e. The minimum Gasteiger partial charge on any atom is -0.308 e. The van der Waals surface area contributed by atoms with Crippen molar-refractivity contribution in [1.29, 1.82) is 0 Å². The summed E-state index contributed by atoms with van der Waals surface area (Å²) in [4.78, 5) is 4.07. The first-order valence-corrected chi connectivity index (χ1v) is 7.95. The van der Waals surface area contributed by atoms with Crippen molar-refractivity contribution >= 4 is 0 Å². The van der Waals surface area contributed by atoms with Crippen LogP contribution in [0.3, 0.4) is 0 Å². The van der Waals surface area contributed by atoms with Crippen molar-refractivity contribution in [3.05, 3.63) is 66.5 Å². The van der Waals surface area contributed by atoms with Gasteiger partial charge in [0.2, 0.25) is 0 Å². The van der Waals surface area contributed by atoms with Crippen molar-refractivity contribution in [2.24, 2.45) is 0 Å². The van der Waals surface area contributed by atoms with Gasteiger partial charge < -0.3 is 9.88 Å². The second-order valence-electron chi connectivity index (χ2n) is 6.04. The Bertz CT molecular complexity index is 727. The van der Waals surface area contributed by atoms with Gasteiger partial charge in [0, 0.05) is 36.9 Å². The van der Waals surface area contributed by atoms with E-state index in [1.165, 1.54) is 11.1 Å². The van der Waals surface area contributed by atoms with Crippen LogP contribution in [0, 0.1) is 6.92 Å². The molecule has 0 aliphatic heterocycles. The number of imidazole rings is 1. The molecule has 1 aromatic carbocycles. The smallest absolute Gasteiger partial charge is 0.0991 e. The van der Waals surface area contributed by atoms with E-state index in [0.717, 1.165) is 12.2 Å². The molecule has 1 N–H and O–H groups in total. The molecule has 120 valence electrons. The molecule has 2 aromatic heterocycles. The standard InChI is InChI=1S/C18H23N5/c1-14-10-21-23(12-14)16(3)15(2)20-11-17-4-6-18(7-5-17)22-9-8-19-13-22/h4-10,12-13,15-16,20H,11H2,1-3H3/t15-,16+/m0/s1. The predicted molar refractivity (Wildman–Crippen MR) is 91.5 cm³/mol. The maximum absolute atomic E-state index is 4.40. The summed E-state index contributed by atoms with van der Waals surface area (Å²) < 4.78 is 4.02. The first kappa shape index (κ1) is 15.5. The zero-order valence-electron chi connectivity index (χ0n) is 13.8. The molecule has 0 aliphatic carbocycles. The molecule has 0 spiro atoms. The second kappa shape index (κ2) is 6.79. The van der Waals surface area contributed by atoms with E-state index in [1.54, 1.807) is 6.20 Å². The number of hydrogen-bond acceptors (Lipinski definition) is 3. The van der Waals surface area contributed by atoms with Gasteiger partial charge in [-0.05, 0) is 44.0 Å². The highest BCUT2D eigenvalue weighted by atomic mass is 15.3. The molecule has 0 bridgehead atoms. The molecular formula is C18H23N5. The molecule has 0 saturated carbocycles. The van der Waals surface area contributed by atoms with Gasteiger partial charge in [-0.15, -0.1) is 0 Å². The van der Waals surface area contributed by atoms with Crippen LogP contribution in [0.4, 0.5) is 0 Å². The van der Waals surface area contributed by atoms with Gasteiger partial charge in [-0.1, -0.05) is 12.1 Å². The van der Waals surface area contributed by atoms with Crippen molar-refractivity contribution in [2.75, 3.05) is 0 Å². The monoisotopic (exact) mass is 309 g/mol. The summed E-state index contributed by atoms with van der Waals surface area (Å²) in [6.45, 7) is 7.29. The normalized spacial score (nSPS) is 13.9. The number of aromatic nitrogens is 4. The fourth-order valence-electron chi connectivity index (χ4n) is 2.53. The van der Waals surface area contributed by atoms with Crippen molar-refractivity contribution in [1.82, 2.24) is 24.6 Å². The van der Waals surface area contributed by atoms with Crippen LogP contribution in [0.1, 0.15) is 31.0 Å². The van der Waals surface area contributed by atoms with Crippen LogP contribution in [0.2, 0.25) is 0 Å². The molecule has 0 unspecified atom stereocenters. The van der Waals surface area contributed by atoms with Crippen LogP contribution in [-0.4, -0.2) is 25.4 Å². The summed E-state index contributed by atoms with van der Waals surface area (Å²) in [6, 6.07) is 9.18. The SMILES string of the molecule is Cc1cnn([C@H](C)[C@H](C)NCc2ccc(-n3ccnc3)cc2)c1. The number of rotatable bonds is 6. The number of nitrogens with one attached hydrogen (secondary N) is 1. The molecule has 0 amide bonds. The highest BCUT2D eigenvalue weighted by molar-refractivity contribution is 5.34. The van der Waals surface area contributed by atoms with Gasteiger partial charge >= 0.3 is 0 Å². The molecule has 0 saturated heterocycles. The van der Waals surface area contributed by atoms with Crippen molar-refractivity contribution in [3.8, 4) is 5.69 Å². The van der Waals surface area contributed by atoms with E-state index in [9.17, 15) is 0 Å². The Kier molecular flexibility index (Phi) is 4.57. The zero-order valence-corrected chi connectivity index (χ0v) is 13.8. The van der Waals surface area contributed by atoms with Crippen LogP contribution in [0.5, 0.6) is 0 Å². The van der Waals surface area contributed by atoms with Crippen molar-refractivity contribution in [3.63, 3.8) is 0 Å². The Hall–Kier alpha value is -2.40. The van der Waals surface area contributed by atoms with E-state index in [4.69, 9.17) is 0 Å². The largest absolute Gasteiger partial charge is 0.308 e. The van der Waals surface area contributed by atoms with Gasteiger partial charge in [-0.25, -0.2) is 4.98 Å². The fourth-order valence-corrected chi connectivity index (χ4v) is 2.53. The zero-order chi connectivity index (χ0) is 16.2. The average molecular weight is 309 g/mol. The average Bonchev–Trinajstić information content (AvgIpc) is 3.24. The quantitative estimate of drug-likeness (QED) is 0.761. The van der Waals surface area contributed by atoms with Crippen LogP contribution >= 0.6 is 0 Å².